The van der Waals surface area contributed by atoms with E-state index in [1.807, 2.05) is 0 Å². The van der Waals surface area contributed by atoms with Crippen molar-refractivity contribution in [3.05, 3.63) is 51.0 Å². The molecule has 7 heteroatoms. The van der Waals surface area contributed by atoms with Gasteiger partial charge >= 0.3 is 0 Å². The molecule has 2 aromatic rings. The van der Waals surface area contributed by atoms with Crippen LogP contribution in [-0.4, -0.2) is 35.3 Å². The van der Waals surface area contributed by atoms with Gasteiger partial charge in [0, 0.05) is 17.9 Å². The number of benzene rings is 1. The highest BCUT2D eigenvalue weighted by Gasteiger charge is 2.19. The normalized spacial score (nSPS) is 10.7. The van der Waals surface area contributed by atoms with Gasteiger partial charge in [0.05, 0.1) is 24.6 Å². The molecule has 0 saturated heterocycles. The second-order valence-electron chi connectivity index (χ2n) is 4.57. The molecule has 0 radical (unpaired) electrons. The van der Waals surface area contributed by atoms with Crippen molar-refractivity contribution in [2.45, 2.75) is 13.3 Å². The van der Waals surface area contributed by atoms with Gasteiger partial charge in [-0.15, -0.1) is 0 Å². The monoisotopic (exact) mass is 355 g/mol. The summed E-state index contributed by atoms with van der Waals surface area (Å²) in [4.78, 5) is 17.0. The first-order chi connectivity index (χ1) is 9.95. The maximum absolute atomic E-state index is 13.5. The van der Waals surface area contributed by atoms with Crippen LogP contribution >= 0.6 is 15.9 Å². The molecule has 5 nitrogen and oxygen atoms in total. The minimum atomic E-state index is -0.295. The van der Waals surface area contributed by atoms with Gasteiger partial charge < -0.3 is 0 Å². The Morgan fingerprint density at radius 3 is 2.90 bits per heavy atom. The number of aromatic nitrogens is 2. The third kappa shape index (κ3) is 3.14. The average Bonchev–Trinajstić information content (AvgIpc) is 2.94. The van der Waals surface area contributed by atoms with Crippen molar-refractivity contribution >= 4 is 21.8 Å². The van der Waals surface area contributed by atoms with Crippen molar-refractivity contribution in [3.63, 3.8) is 0 Å². The highest BCUT2D eigenvalue weighted by Crippen LogP contribution is 2.26. The van der Waals surface area contributed by atoms with Crippen LogP contribution in [0.5, 0.6) is 0 Å². The van der Waals surface area contributed by atoms with Gasteiger partial charge in [0.2, 0.25) is 0 Å². The number of amides is 1. The molecule has 0 spiro atoms. The average molecular weight is 356 g/mol. The molecule has 1 N–H and O–H groups in total. The smallest absolute Gasteiger partial charge is 0.280 e. The van der Waals surface area contributed by atoms with Crippen LogP contribution in [-0.2, 0) is 11.3 Å². The van der Waals surface area contributed by atoms with Crippen LogP contribution in [0.4, 0.5) is 4.39 Å². The lowest BCUT2D eigenvalue weighted by Crippen LogP contribution is -2.26. The number of hydroxylamine groups is 2. The molecular weight excluding hydrogens is 341 g/mol. The quantitative estimate of drug-likeness (QED) is 0.858. The summed E-state index contributed by atoms with van der Waals surface area (Å²) in [5, 5.41) is 7.84. The molecule has 1 heterocycles. The lowest BCUT2D eigenvalue weighted by Gasteiger charge is -2.14. The van der Waals surface area contributed by atoms with Gasteiger partial charge in [-0.2, -0.15) is 5.10 Å². The van der Waals surface area contributed by atoms with E-state index >= 15 is 0 Å². The van der Waals surface area contributed by atoms with Gasteiger partial charge in [-0.1, -0.05) is 22.0 Å². The van der Waals surface area contributed by atoms with Crippen LogP contribution in [0.25, 0.3) is 0 Å². The molecule has 1 aromatic heterocycles. The van der Waals surface area contributed by atoms with E-state index in [2.05, 4.69) is 26.1 Å². The van der Waals surface area contributed by atoms with Gasteiger partial charge in [-0.05, 0) is 24.1 Å². The lowest BCUT2D eigenvalue weighted by atomic mass is 10.0. The zero-order chi connectivity index (χ0) is 15.6. The number of H-pyrrole nitrogens is 1. The Balaban J connectivity index is 2.32. The number of carbonyl (C=O) groups is 1. The molecule has 0 aliphatic heterocycles. The molecule has 0 aliphatic carbocycles. The van der Waals surface area contributed by atoms with E-state index < -0.39 is 0 Å². The van der Waals surface area contributed by atoms with E-state index in [-0.39, 0.29) is 11.7 Å². The Hall–Kier alpha value is -1.73. The summed E-state index contributed by atoms with van der Waals surface area (Å²) >= 11 is 3.39. The van der Waals surface area contributed by atoms with E-state index in [0.717, 1.165) is 10.6 Å². The van der Waals surface area contributed by atoms with Crippen LogP contribution in [0, 0.1) is 12.7 Å². The number of nitrogens with zero attached hydrogens (tertiary/aromatic N) is 2. The summed E-state index contributed by atoms with van der Waals surface area (Å²) in [7, 11) is 2.94. The Kier molecular flexibility index (Phi) is 4.74. The number of hydrogen-bond donors (Lipinski definition) is 1. The Labute approximate surface area is 130 Å². The van der Waals surface area contributed by atoms with E-state index in [1.165, 1.54) is 26.4 Å². The summed E-state index contributed by atoms with van der Waals surface area (Å²) in [5.74, 6) is -0.568. The number of carbonyl (C=O) groups excluding carboxylic acids is 1. The van der Waals surface area contributed by atoms with Crippen molar-refractivity contribution in [3.8, 4) is 0 Å². The van der Waals surface area contributed by atoms with Crippen molar-refractivity contribution in [1.82, 2.24) is 15.3 Å². The number of halogens is 2. The first-order valence-electron chi connectivity index (χ1n) is 6.23. The topological polar surface area (TPSA) is 58.2 Å². The van der Waals surface area contributed by atoms with Gasteiger partial charge in [-0.3, -0.25) is 14.7 Å². The van der Waals surface area contributed by atoms with Gasteiger partial charge in [0.15, 0.2) is 0 Å². The first kappa shape index (κ1) is 15.7. The first-order valence-corrected chi connectivity index (χ1v) is 7.03. The fraction of sp³-hybridized carbons (Fsp3) is 0.286. The molecule has 0 saturated carbocycles. The van der Waals surface area contributed by atoms with Crippen molar-refractivity contribution in [2.75, 3.05) is 14.2 Å². The van der Waals surface area contributed by atoms with E-state index in [1.54, 1.807) is 13.0 Å². The maximum Gasteiger partial charge on any atom is 0.280 e. The molecule has 0 aliphatic rings. The van der Waals surface area contributed by atoms with Crippen molar-refractivity contribution < 1.29 is 14.0 Å². The Morgan fingerprint density at radius 1 is 1.52 bits per heavy atom. The third-order valence-electron chi connectivity index (χ3n) is 3.28. The highest BCUT2D eigenvalue weighted by atomic mass is 79.9. The molecule has 1 amide bonds. The number of rotatable bonds is 4. The zero-order valence-electron chi connectivity index (χ0n) is 11.9. The lowest BCUT2D eigenvalue weighted by molar-refractivity contribution is -0.0757. The zero-order valence-corrected chi connectivity index (χ0v) is 13.5. The fourth-order valence-electron chi connectivity index (χ4n) is 1.93. The molecule has 112 valence electrons. The molecular formula is C14H15BrFN3O2. The predicted molar refractivity (Wildman–Crippen MR) is 79.3 cm³/mol. The minimum Gasteiger partial charge on any atom is -0.281 e. The predicted octanol–water partition coefficient (Wildman–Crippen LogP) is 2.84. The molecule has 0 unspecified atom stereocenters. The third-order valence-corrected chi connectivity index (χ3v) is 4.38. The number of nitrogens with one attached hydrogen (secondary N) is 1. The van der Waals surface area contributed by atoms with Crippen LogP contribution in [0.15, 0.2) is 22.8 Å². The van der Waals surface area contributed by atoms with E-state index in [4.69, 9.17) is 4.84 Å². The van der Waals surface area contributed by atoms with Gasteiger partial charge in [0.1, 0.15) is 5.82 Å². The van der Waals surface area contributed by atoms with Crippen LogP contribution < -0.4 is 0 Å². The SMILES string of the molecule is CON(C)C(=O)c1cn[nH]c1Cc1ccc(F)c(C)c1Br. The maximum atomic E-state index is 13.5. The molecule has 21 heavy (non-hydrogen) atoms. The Bertz CT molecular complexity index is 672. The molecule has 2 rings (SSSR count). The standard InChI is InChI=1S/C14H15BrFN3O2/c1-8-11(16)5-4-9(13(8)15)6-12-10(7-17-18-12)14(20)19(2)21-3/h4-5,7H,6H2,1-3H3,(H,17,18). The van der Waals surface area contributed by atoms with Gasteiger partial charge in [0.25, 0.3) is 5.91 Å². The van der Waals surface area contributed by atoms with Crippen molar-refractivity contribution in [2.24, 2.45) is 0 Å². The highest BCUT2D eigenvalue weighted by molar-refractivity contribution is 9.10. The van der Waals surface area contributed by atoms with Gasteiger partial charge in [-0.25, -0.2) is 9.45 Å². The Morgan fingerprint density at radius 2 is 2.24 bits per heavy atom. The molecule has 1 aromatic carbocycles. The second-order valence-corrected chi connectivity index (χ2v) is 5.36. The van der Waals surface area contributed by atoms with Crippen LogP contribution in [0.3, 0.4) is 0 Å². The summed E-state index contributed by atoms with van der Waals surface area (Å²) in [6.07, 6.45) is 1.89. The fourth-order valence-corrected chi connectivity index (χ4v) is 2.39. The summed E-state index contributed by atoms with van der Waals surface area (Å²) in [6.45, 7) is 1.70. The summed E-state index contributed by atoms with van der Waals surface area (Å²) < 4.78 is 14.2. The number of hydrogen-bond acceptors (Lipinski definition) is 3. The number of aromatic amines is 1. The molecule has 0 bridgehead atoms. The summed E-state index contributed by atoms with van der Waals surface area (Å²) in [5.41, 5.74) is 2.48. The van der Waals surface area contributed by atoms with Crippen molar-refractivity contribution in [1.29, 1.82) is 0 Å². The molecule has 0 atom stereocenters. The second kappa shape index (κ2) is 6.36. The molecule has 0 fully saturated rings. The minimum absolute atomic E-state index is 0.273. The van der Waals surface area contributed by atoms with Crippen LogP contribution in [0.1, 0.15) is 27.2 Å². The summed E-state index contributed by atoms with van der Waals surface area (Å²) in [6, 6.07) is 3.09. The van der Waals surface area contributed by atoms with Crippen LogP contribution in [0.2, 0.25) is 0 Å². The van der Waals surface area contributed by atoms with E-state index in [9.17, 15) is 9.18 Å². The largest absolute Gasteiger partial charge is 0.281 e. The van der Waals surface area contributed by atoms with E-state index in [0.29, 0.717) is 27.7 Å².